The van der Waals surface area contributed by atoms with Crippen molar-refractivity contribution in [3.8, 4) is 0 Å². The SMILES string of the molecule is C=C(C)C(=O)OCC(I)CCl. The van der Waals surface area contributed by atoms with Gasteiger partial charge in [-0.2, -0.15) is 0 Å². The number of hydrogen-bond acceptors (Lipinski definition) is 2. The first-order chi connectivity index (χ1) is 5.07. The van der Waals surface area contributed by atoms with Gasteiger partial charge in [0.2, 0.25) is 0 Å². The molecule has 0 bridgehead atoms. The Labute approximate surface area is 85.1 Å². The minimum atomic E-state index is -0.350. The van der Waals surface area contributed by atoms with Gasteiger partial charge in [0.1, 0.15) is 6.61 Å². The smallest absolute Gasteiger partial charge is 0.333 e. The molecule has 0 aromatic carbocycles. The van der Waals surface area contributed by atoms with E-state index in [1.807, 2.05) is 0 Å². The number of ether oxygens (including phenoxy) is 1. The third-order valence-electron chi connectivity index (χ3n) is 0.911. The fourth-order valence-electron chi connectivity index (χ4n) is 0.334. The van der Waals surface area contributed by atoms with E-state index in [9.17, 15) is 4.79 Å². The van der Waals surface area contributed by atoms with E-state index in [0.717, 1.165) is 0 Å². The zero-order valence-electron chi connectivity index (χ0n) is 6.27. The lowest BCUT2D eigenvalue weighted by atomic mass is 10.4. The average molecular weight is 289 g/mol. The number of carbonyl (C=O) groups excluding carboxylic acids is 1. The second kappa shape index (κ2) is 5.83. The van der Waals surface area contributed by atoms with E-state index >= 15 is 0 Å². The van der Waals surface area contributed by atoms with Crippen LogP contribution in [0.5, 0.6) is 0 Å². The lowest BCUT2D eigenvalue weighted by Crippen LogP contribution is -2.14. The molecular formula is C7H10ClIO2. The number of alkyl halides is 2. The molecule has 1 unspecified atom stereocenters. The molecule has 2 nitrogen and oxygen atoms in total. The molecule has 0 amide bonds. The van der Waals surface area contributed by atoms with Crippen molar-refractivity contribution in [1.82, 2.24) is 0 Å². The third kappa shape index (κ3) is 5.49. The summed E-state index contributed by atoms with van der Waals surface area (Å²) in [5, 5.41) is 0. The summed E-state index contributed by atoms with van der Waals surface area (Å²) in [4.78, 5) is 10.8. The number of rotatable bonds is 4. The Balaban J connectivity index is 3.54. The summed E-state index contributed by atoms with van der Waals surface area (Å²) in [6.07, 6.45) is 0. The second-order valence-electron chi connectivity index (χ2n) is 2.13. The van der Waals surface area contributed by atoms with Crippen molar-refractivity contribution in [2.45, 2.75) is 10.8 Å². The van der Waals surface area contributed by atoms with Gasteiger partial charge in [-0.25, -0.2) is 4.79 Å². The first-order valence-electron chi connectivity index (χ1n) is 3.10. The van der Waals surface area contributed by atoms with E-state index < -0.39 is 0 Å². The molecule has 0 spiro atoms. The van der Waals surface area contributed by atoms with Crippen LogP contribution in [0.15, 0.2) is 12.2 Å². The molecule has 64 valence electrons. The summed E-state index contributed by atoms with van der Waals surface area (Å²) in [5.74, 6) is 0.140. The van der Waals surface area contributed by atoms with E-state index in [1.165, 1.54) is 0 Å². The molecule has 0 aliphatic heterocycles. The predicted molar refractivity (Wildman–Crippen MR) is 54.3 cm³/mol. The summed E-state index contributed by atoms with van der Waals surface area (Å²) in [5.41, 5.74) is 0.420. The Kier molecular flexibility index (Phi) is 5.95. The van der Waals surface area contributed by atoms with Crippen LogP contribution < -0.4 is 0 Å². The van der Waals surface area contributed by atoms with Crippen LogP contribution in [0.4, 0.5) is 0 Å². The third-order valence-corrected chi connectivity index (χ3v) is 2.60. The van der Waals surface area contributed by atoms with Gasteiger partial charge in [0, 0.05) is 11.5 Å². The van der Waals surface area contributed by atoms with Gasteiger partial charge in [0.25, 0.3) is 0 Å². The van der Waals surface area contributed by atoms with E-state index in [-0.39, 0.29) is 9.89 Å². The van der Waals surface area contributed by atoms with Gasteiger partial charge in [0.05, 0.1) is 3.92 Å². The van der Waals surface area contributed by atoms with Crippen molar-refractivity contribution < 1.29 is 9.53 Å². The number of hydrogen-bond donors (Lipinski definition) is 0. The molecule has 0 saturated carbocycles. The van der Waals surface area contributed by atoms with Crippen molar-refractivity contribution in [1.29, 1.82) is 0 Å². The van der Waals surface area contributed by atoms with Crippen molar-refractivity contribution in [3.05, 3.63) is 12.2 Å². The largest absolute Gasteiger partial charge is 0.461 e. The summed E-state index contributed by atoms with van der Waals surface area (Å²) in [6, 6.07) is 0. The van der Waals surface area contributed by atoms with Crippen LogP contribution in [0.2, 0.25) is 0 Å². The van der Waals surface area contributed by atoms with Crippen molar-refractivity contribution in [2.24, 2.45) is 0 Å². The molecule has 11 heavy (non-hydrogen) atoms. The molecule has 4 heteroatoms. The maximum Gasteiger partial charge on any atom is 0.333 e. The van der Waals surface area contributed by atoms with Gasteiger partial charge in [-0.05, 0) is 6.92 Å². The molecule has 0 N–H and O–H groups in total. The van der Waals surface area contributed by atoms with Gasteiger partial charge in [-0.15, -0.1) is 11.6 Å². The molecule has 0 aromatic heterocycles. The van der Waals surface area contributed by atoms with Crippen LogP contribution in [0.1, 0.15) is 6.92 Å². The topological polar surface area (TPSA) is 26.3 Å². The molecule has 0 aromatic rings. The van der Waals surface area contributed by atoms with Crippen LogP contribution in [0.25, 0.3) is 0 Å². The number of esters is 1. The van der Waals surface area contributed by atoms with Crippen molar-refractivity contribution in [2.75, 3.05) is 12.5 Å². The summed E-state index contributed by atoms with van der Waals surface area (Å²) < 4.78 is 5.00. The molecule has 1 atom stereocenters. The monoisotopic (exact) mass is 288 g/mol. The first kappa shape index (κ1) is 11.2. The summed E-state index contributed by atoms with van der Waals surface area (Å²) in [6.45, 7) is 5.42. The van der Waals surface area contributed by atoms with Crippen LogP contribution in [0, 0.1) is 0 Å². The predicted octanol–water partition coefficient (Wildman–Crippen LogP) is 2.15. The molecule has 0 rings (SSSR count). The fraction of sp³-hybridized carbons (Fsp3) is 0.571. The van der Waals surface area contributed by atoms with E-state index in [0.29, 0.717) is 18.1 Å². The van der Waals surface area contributed by atoms with Crippen LogP contribution in [0.3, 0.4) is 0 Å². The highest BCUT2D eigenvalue weighted by Crippen LogP contribution is 2.04. The standard InChI is InChI=1S/C7H10ClIO2/c1-5(2)7(10)11-4-6(9)3-8/h6H,1,3-4H2,2H3. The molecule has 0 fully saturated rings. The zero-order chi connectivity index (χ0) is 8.85. The highest BCUT2D eigenvalue weighted by Gasteiger charge is 2.07. The second-order valence-corrected chi connectivity index (χ2v) is 4.20. The Morgan fingerprint density at radius 1 is 1.82 bits per heavy atom. The van der Waals surface area contributed by atoms with Gasteiger partial charge in [-0.3, -0.25) is 0 Å². The average Bonchev–Trinajstić information content (AvgIpc) is 1.99. The Morgan fingerprint density at radius 2 is 2.36 bits per heavy atom. The summed E-state index contributed by atoms with van der Waals surface area (Å²) >= 11 is 7.62. The maximum absolute atomic E-state index is 10.8. The van der Waals surface area contributed by atoms with E-state index in [4.69, 9.17) is 16.3 Å². The Bertz CT molecular complexity index is 159. The highest BCUT2D eigenvalue weighted by atomic mass is 127. The molecular weight excluding hydrogens is 278 g/mol. The van der Waals surface area contributed by atoms with Gasteiger partial charge in [-0.1, -0.05) is 29.2 Å². The van der Waals surface area contributed by atoms with Gasteiger partial charge in [0.15, 0.2) is 0 Å². The molecule has 0 aliphatic carbocycles. The minimum absolute atomic E-state index is 0.178. The van der Waals surface area contributed by atoms with Crippen LogP contribution >= 0.6 is 34.2 Å². The minimum Gasteiger partial charge on any atom is -0.461 e. The van der Waals surface area contributed by atoms with Crippen LogP contribution in [-0.2, 0) is 9.53 Å². The lowest BCUT2D eigenvalue weighted by molar-refractivity contribution is -0.138. The quantitative estimate of drug-likeness (QED) is 0.343. The van der Waals surface area contributed by atoms with Gasteiger partial charge < -0.3 is 4.74 Å². The number of carbonyl (C=O) groups is 1. The highest BCUT2D eigenvalue weighted by molar-refractivity contribution is 14.1. The van der Waals surface area contributed by atoms with Gasteiger partial charge >= 0.3 is 5.97 Å². The van der Waals surface area contributed by atoms with Crippen molar-refractivity contribution >= 4 is 40.2 Å². The Hall–Kier alpha value is 0.230. The summed E-state index contributed by atoms with van der Waals surface area (Å²) in [7, 11) is 0. The number of halogens is 2. The van der Waals surface area contributed by atoms with E-state index in [2.05, 4.69) is 29.2 Å². The molecule has 0 aliphatic rings. The Morgan fingerprint density at radius 3 is 2.73 bits per heavy atom. The van der Waals surface area contributed by atoms with Crippen LogP contribution in [-0.4, -0.2) is 22.4 Å². The molecule has 0 saturated heterocycles. The molecule has 0 radical (unpaired) electrons. The first-order valence-corrected chi connectivity index (χ1v) is 4.88. The normalized spacial score (nSPS) is 12.3. The molecule has 0 heterocycles. The zero-order valence-corrected chi connectivity index (χ0v) is 9.18. The maximum atomic E-state index is 10.8. The van der Waals surface area contributed by atoms with Crippen molar-refractivity contribution in [3.63, 3.8) is 0 Å². The van der Waals surface area contributed by atoms with E-state index in [1.54, 1.807) is 6.92 Å². The lowest BCUT2D eigenvalue weighted by Gasteiger charge is -2.06. The fourth-order valence-corrected chi connectivity index (χ4v) is 0.603.